The van der Waals surface area contributed by atoms with Crippen LogP contribution >= 0.6 is 11.3 Å². The third kappa shape index (κ3) is 5.21. The average Bonchev–Trinajstić information content (AvgIpc) is 3.38. The lowest BCUT2D eigenvalue weighted by Gasteiger charge is -2.44. The zero-order valence-electron chi connectivity index (χ0n) is 20.7. The predicted octanol–water partition coefficient (Wildman–Crippen LogP) is 5.95. The minimum atomic E-state index is -2.48. The van der Waals surface area contributed by atoms with Crippen molar-refractivity contribution in [2.45, 2.75) is 69.4 Å². The van der Waals surface area contributed by atoms with Crippen molar-refractivity contribution in [1.29, 1.82) is 0 Å². The molecule has 9 heteroatoms. The lowest BCUT2D eigenvalue weighted by molar-refractivity contribution is 0.0802. The minimum Gasteiger partial charge on any atom is -0.464 e. The van der Waals surface area contributed by atoms with Crippen molar-refractivity contribution in [3.63, 3.8) is 0 Å². The molecule has 2 aliphatic heterocycles. The third-order valence-corrected chi connectivity index (χ3v) is 9.41. The fraction of sp³-hybridized carbons (Fsp3) is 0.536. The number of hydrogen-bond acceptors (Lipinski definition) is 6. The van der Waals surface area contributed by atoms with Gasteiger partial charge in [-0.1, -0.05) is 23.5 Å². The smallest absolute Gasteiger partial charge is 0.273 e. The summed E-state index contributed by atoms with van der Waals surface area (Å²) in [5, 5.41) is 4.55. The van der Waals surface area contributed by atoms with E-state index >= 15 is 0 Å². The summed E-state index contributed by atoms with van der Waals surface area (Å²) in [6.45, 7) is 1.48. The molecule has 0 radical (unpaired) electrons. The largest absolute Gasteiger partial charge is 0.464 e. The summed E-state index contributed by atoms with van der Waals surface area (Å²) >= 11 is 1.46. The number of amides is 1. The maximum Gasteiger partial charge on any atom is 0.273 e. The van der Waals surface area contributed by atoms with Crippen molar-refractivity contribution in [2.75, 3.05) is 19.7 Å². The van der Waals surface area contributed by atoms with Gasteiger partial charge in [-0.2, -0.15) is 0 Å². The second kappa shape index (κ2) is 10.6. The topological polar surface area (TPSA) is 67.4 Å². The quantitative estimate of drug-likeness (QED) is 0.393. The van der Waals surface area contributed by atoms with Crippen molar-refractivity contribution in [1.82, 2.24) is 20.2 Å². The number of ether oxygens (including phenoxy) is 1. The zero-order valence-corrected chi connectivity index (χ0v) is 21.6. The van der Waals surface area contributed by atoms with Crippen LogP contribution in [0.15, 0.2) is 36.5 Å². The van der Waals surface area contributed by atoms with E-state index in [0.29, 0.717) is 22.6 Å². The number of fused-ring (bicyclic) bond motifs is 3. The maximum absolute atomic E-state index is 13.0. The van der Waals surface area contributed by atoms with E-state index in [0.717, 1.165) is 74.6 Å². The van der Waals surface area contributed by atoms with Crippen LogP contribution in [-0.4, -0.2) is 52.9 Å². The van der Waals surface area contributed by atoms with Crippen LogP contribution in [0.2, 0.25) is 0 Å². The van der Waals surface area contributed by atoms with E-state index in [2.05, 4.69) is 20.2 Å². The summed E-state index contributed by atoms with van der Waals surface area (Å²) in [6.07, 6.45) is 6.90. The Bertz CT molecular complexity index is 1250. The zero-order chi connectivity index (χ0) is 25.4. The number of carbonyl (C=O) groups is 1. The highest BCUT2D eigenvalue weighted by Crippen LogP contribution is 2.50. The van der Waals surface area contributed by atoms with E-state index < -0.39 is 13.0 Å². The number of piperidine rings is 1. The Morgan fingerprint density at radius 3 is 2.84 bits per heavy atom. The highest BCUT2D eigenvalue weighted by Gasteiger charge is 2.41. The number of pyridine rings is 1. The Kier molecular flexibility index (Phi) is 7.08. The molecule has 2 atom stereocenters. The van der Waals surface area contributed by atoms with Crippen molar-refractivity contribution in [3.8, 4) is 5.19 Å². The van der Waals surface area contributed by atoms with Crippen LogP contribution in [0.4, 0.5) is 8.78 Å². The van der Waals surface area contributed by atoms with Gasteiger partial charge in [-0.3, -0.25) is 14.7 Å². The van der Waals surface area contributed by atoms with Gasteiger partial charge < -0.3 is 10.1 Å². The first kappa shape index (κ1) is 24.7. The number of benzene rings is 1. The first-order chi connectivity index (χ1) is 18.0. The average molecular weight is 527 g/mol. The van der Waals surface area contributed by atoms with E-state index in [4.69, 9.17) is 4.74 Å². The number of nitrogens with zero attached hydrogens (tertiary/aromatic N) is 3. The molecule has 4 aliphatic rings. The number of carbonyl (C=O) groups excluding carboxylic acids is 1. The number of halogens is 2. The van der Waals surface area contributed by atoms with Crippen LogP contribution in [0.1, 0.15) is 77.8 Å². The molecule has 3 aromatic rings. The third-order valence-electron chi connectivity index (χ3n) is 8.26. The molecule has 2 fully saturated rings. The number of aromatic nitrogens is 2. The molecular weight excluding hydrogens is 494 g/mol. The fourth-order valence-electron chi connectivity index (χ4n) is 6.37. The van der Waals surface area contributed by atoms with E-state index in [1.54, 1.807) is 6.20 Å². The van der Waals surface area contributed by atoms with Crippen LogP contribution in [0, 0.1) is 5.92 Å². The Balaban J connectivity index is 0.997. The SMILES string of the molecule is O=C(N[C@H]1CC[C@H](CCN2C[C@H]3CC[C@@H]2c2nc(OCC(F)F)sc23)CC1)c1cccc2ncccc12. The molecule has 4 heterocycles. The van der Waals surface area contributed by atoms with Crippen LogP contribution in [0.3, 0.4) is 0 Å². The lowest BCUT2D eigenvalue weighted by atomic mass is 9.80. The molecule has 2 aromatic heterocycles. The Morgan fingerprint density at radius 2 is 2.00 bits per heavy atom. The van der Waals surface area contributed by atoms with Gasteiger partial charge in [-0.15, -0.1) is 0 Å². The number of nitrogens with one attached hydrogen (secondary N) is 1. The standard InChI is InChI=1S/C28H32F2N4O2S/c29-24(30)16-36-28-33-25-23-11-8-18(26(25)37-28)15-34(23)14-12-17-6-9-19(10-7-17)32-27(35)21-3-1-5-22-20(21)4-2-13-31-22/h1-5,13,17-19,23-24H,6-12,14-16H2,(H,32,35)/t17-,18-,19-,23-/m1/s1. The van der Waals surface area contributed by atoms with Crippen molar-refractivity contribution in [3.05, 3.63) is 52.7 Å². The van der Waals surface area contributed by atoms with Crippen molar-refractivity contribution < 1.29 is 18.3 Å². The maximum atomic E-state index is 13.0. The molecule has 0 unspecified atom stereocenters. The van der Waals surface area contributed by atoms with Gasteiger partial charge in [0.05, 0.1) is 17.3 Å². The molecule has 1 saturated heterocycles. The Morgan fingerprint density at radius 1 is 1.14 bits per heavy atom. The summed E-state index contributed by atoms with van der Waals surface area (Å²) in [4.78, 5) is 25.8. The molecule has 1 amide bonds. The molecule has 0 spiro atoms. The molecule has 196 valence electrons. The second-order valence-corrected chi connectivity index (χ2v) is 11.6. The van der Waals surface area contributed by atoms with Gasteiger partial charge in [0.25, 0.3) is 17.5 Å². The second-order valence-electron chi connectivity index (χ2n) is 10.6. The van der Waals surface area contributed by atoms with Gasteiger partial charge in [0, 0.05) is 40.5 Å². The fourth-order valence-corrected chi connectivity index (χ4v) is 7.48. The monoisotopic (exact) mass is 526 g/mol. The van der Waals surface area contributed by atoms with Crippen molar-refractivity contribution in [2.24, 2.45) is 5.92 Å². The summed E-state index contributed by atoms with van der Waals surface area (Å²) in [5.74, 6) is 1.09. The first-order valence-electron chi connectivity index (χ1n) is 13.4. The van der Waals surface area contributed by atoms with Gasteiger partial charge in [0.1, 0.15) is 0 Å². The Labute approximate surface area is 219 Å². The molecular formula is C28H32F2N4O2S. The van der Waals surface area contributed by atoms with Gasteiger partial charge in [0.15, 0.2) is 6.61 Å². The number of rotatable bonds is 8. The van der Waals surface area contributed by atoms with Crippen LogP contribution in [0.25, 0.3) is 10.9 Å². The van der Waals surface area contributed by atoms with E-state index in [1.165, 1.54) is 16.2 Å². The Hall–Kier alpha value is -2.65. The van der Waals surface area contributed by atoms with Crippen LogP contribution < -0.4 is 10.1 Å². The van der Waals surface area contributed by atoms with E-state index in [-0.39, 0.29) is 18.0 Å². The predicted molar refractivity (Wildman–Crippen MR) is 139 cm³/mol. The molecule has 7 rings (SSSR count). The summed E-state index contributed by atoms with van der Waals surface area (Å²) in [5.41, 5.74) is 2.59. The number of alkyl halides is 2. The lowest BCUT2D eigenvalue weighted by Crippen LogP contribution is -2.43. The van der Waals surface area contributed by atoms with E-state index in [1.807, 2.05) is 30.3 Å². The van der Waals surface area contributed by atoms with Gasteiger partial charge in [-0.05, 0) is 75.6 Å². The minimum absolute atomic E-state index is 0.0117. The molecule has 6 nitrogen and oxygen atoms in total. The molecule has 37 heavy (non-hydrogen) atoms. The summed E-state index contributed by atoms with van der Waals surface area (Å²) in [6, 6.07) is 10.0. The number of thiazole rings is 1. The van der Waals surface area contributed by atoms with Crippen LogP contribution in [0.5, 0.6) is 5.19 Å². The first-order valence-corrected chi connectivity index (χ1v) is 14.2. The van der Waals surface area contributed by atoms with Gasteiger partial charge in [-0.25, -0.2) is 13.8 Å². The van der Waals surface area contributed by atoms with Crippen LogP contribution in [-0.2, 0) is 0 Å². The highest BCUT2D eigenvalue weighted by molar-refractivity contribution is 7.13. The summed E-state index contributed by atoms with van der Waals surface area (Å²) in [7, 11) is 0. The molecule has 1 aromatic carbocycles. The van der Waals surface area contributed by atoms with Gasteiger partial charge >= 0.3 is 0 Å². The molecule has 1 N–H and O–H groups in total. The summed E-state index contributed by atoms with van der Waals surface area (Å²) < 4.78 is 30.3. The molecule has 2 bridgehead atoms. The van der Waals surface area contributed by atoms with Crippen molar-refractivity contribution >= 4 is 28.1 Å². The number of hydrogen-bond donors (Lipinski definition) is 1. The molecule has 1 saturated carbocycles. The van der Waals surface area contributed by atoms with Gasteiger partial charge in [0.2, 0.25) is 0 Å². The molecule has 2 aliphatic carbocycles. The highest BCUT2D eigenvalue weighted by atomic mass is 32.1. The van der Waals surface area contributed by atoms with E-state index in [9.17, 15) is 13.6 Å². The normalized spacial score (nSPS) is 25.4.